The maximum Gasteiger partial charge on any atom is 0.340 e. The number of carboxylic acid groups (broad SMARTS) is 1. The molecule has 0 unspecified atom stereocenters. The van der Waals surface area contributed by atoms with Gasteiger partial charge < -0.3 is 9.92 Å². The first-order chi connectivity index (χ1) is 3.13. The smallest absolute Gasteiger partial charge is 0.340 e. The van der Waals surface area contributed by atoms with Gasteiger partial charge in [-0.15, -0.1) is 0 Å². The van der Waals surface area contributed by atoms with E-state index in [0.29, 0.717) is 0 Å². The molecule has 0 radical (unpaired) electrons. The predicted molar refractivity (Wildman–Crippen MR) is 28.9 cm³/mol. The van der Waals surface area contributed by atoms with Crippen molar-refractivity contribution in [2.75, 3.05) is 14.1 Å². The highest BCUT2D eigenvalue weighted by molar-refractivity contribution is 6.69. The number of hydrogen-bond acceptors (Lipinski definition) is 2. The number of nitrogens with zero attached hydrogens (tertiary/aromatic N) is 1. The van der Waals surface area contributed by atoms with Crippen LogP contribution in [0.3, 0.4) is 0 Å². The number of rotatable bonds is 2. The summed E-state index contributed by atoms with van der Waals surface area (Å²) in [6.07, 6.45) is 0. The van der Waals surface area contributed by atoms with Crippen molar-refractivity contribution in [3.63, 3.8) is 0 Å². The average Bonchev–Trinajstić information content (AvgIpc) is 1.27. The van der Waals surface area contributed by atoms with Crippen LogP contribution in [0.4, 0.5) is 4.79 Å². The Kier molecular flexibility index (Phi) is 2.44. The molecule has 0 aromatic carbocycles. The van der Waals surface area contributed by atoms with Crippen molar-refractivity contribution in [2.24, 2.45) is 0 Å². The molecule has 0 amide bonds. The summed E-state index contributed by atoms with van der Waals surface area (Å²) >= 11 is 0. The highest BCUT2D eigenvalue weighted by Crippen LogP contribution is 1.68. The fraction of sp³-hybridized carbons (Fsp3) is 0.667. The molecule has 0 aliphatic rings. The molecular weight excluding hydrogens is 92.8 g/mol. The molecular formula is C3H8BNO2. The molecule has 40 valence electrons. The summed E-state index contributed by atoms with van der Waals surface area (Å²) in [6, 6.07) is 0. The zero-order chi connectivity index (χ0) is 5.86. The Morgan fingerprint density at radius 1 is 1.71 bits per heavy atom. The van der Waals surface area contributed by atoms with Crippen molar-refractivity contribution in [3.05, 3.63) is 0 Å². The molecule has 0 saturated carbocycles. The lowest BCUT2D eigenvalue weighted by Crippen LogP contribution is -2.24. The van der Waals surface area contributed by atoms with Crippen molar-refractivity contribution in [1.29, 1.82) is 0 Å². The second kappa shape index (κ2) is 2.63. The van der Waals surface area contributed by atoms with Gasteiger partial charge in [0.05, 0.1) is 0 Å². The SMILES string of the molecule is CN(C)BC(=O)O. The lowest BCUT2D eigenvalue weighted by atomic mass is 9.94. The van der Waals surface area contributed by atoms with Gasteiger partial charge in [0.25, 0.3) is 5.87 Å². The minimum atomic E-state index is -0.787. The van der Waals surface area contributed by atoms with Crippen LogP contribution in [0.15, 0.2) is 0 Å². The van der Waals surface area contributed by atoms with E-state index in [4.69, 9.17) is 5.11 Å². The van der Waals surface area contributed by atoms with E-state index in [-0.39, 0.29) is 7.41 Å². The van der Waals surface area contributed by atoms with Crippen LogP contribution < -0.4 is 0 Å². The molecule has 0 saturated heterocycles. The Balaban J connectivity index is 3.13. The minimum absolute atomic E-state index is 0.111. The second-order valence-corrected chi connectivity index (χ2v) is 1.63. The maximum atomic E-state index is 9.77. The van der Waals surface area contributed by atoms with Gasteiger partial charge in [-0.3, -0.25) is 4.79 Å². The van der Waals surface area contributed by atoms with Crippen molar-refractivity contribution in [2.45, 2.75) is 0 Å². The van der Waals surface area contributed by atoms with E-state index in [1.807, 2.05) is 0 Å². The quantitative estimate of drug-likeness (QED) is 0.480. The second-order valence-electron chi connectivity index (χ2n) is 1.63. The standard InChI is InChI=1S/C3H8BNO2/c1-5(2)4-3(6)7/h4H,1-2H3,(H,6,7). The third-order valence-corrected chi connectivity index (χ3v) is 0.451. The fourth-order valence-electron chi connectivity index (χ4n) is 0.271. The van der Waals surface area contributed by atoms with Crippen LogP contribution >= 0.6 is 0 Å². The molecule has 0 atom stereocenters. The molecule has 4 heteroatoms. The van der Waals surface area contributed by atoms with Gasteiger partial charge in [0.15, 0.2) is 0 Å². The largest absolute Gasteiger partial charge is 0.488 e. The zero-order valence-electron chi connectivity index (χ0n) is 4.51. The lowest BCUT2D eigenvalue weighted by Gasteiger charge is -1.99. The van der Waals surface area contributed by atoms with Crippen LogP contribution in [0.25, 0.3) is 0 Å². The molecule has 0 fully saturated rings. The fourth-order valence-corrected chi connectivity index (χ4v) is 0.271. The molecule has 3 nitrogen and oxygen atoms in total. The number of carbonyl (C=O) groups is 1. The summed E-state index contributed by atoms with van der Waals surface area (Å²) in [7, 11) is 3.54. The van der Waals surface area contributed by atoms with Crippen molar-refractivity contribution in [3.8, 4) is 0 Å². The summed E-state index contributed by atoms with van der Waals surface area (Å²) in [5.41, 5.74) is 0. The minimum Gasteiger partial charge on any atom is -0.488 e. The van der Waals surface area contributed by atoms with Gasteiger partial charge in [-0.1, -0.05) is 0 Å². The van der Waals surface area contributed by atoms with E-state index in [1.165, 1.54) is 0 Å². The van der Waals surface area contributed by atoms with E-state index in [1.54, 1.807) is 18.9 Å². The third kappa shape index (κ3) is 5.49. The first-order valence-electron chi connectivity index (χ1n) is 1.99. The Morgan fingerprint density at radius 3 is 2.14 bits per heavy atom. The van der Waals surface area contributed by atoms with Gasteiger partial charge in [0.1, 0.15) is 0 Å². The van der Waals surface area contributed by atoms with Crippen LogP contribution in [0, 0.1) is 0 Å². The van der Waals surface area contributed by atoms with Crippen LogP contribution in [0.2, 0.25) is 0 Å². The predicted octanol–water partition coefficient (Wildman–Crippen LogP) is -0.422. The molecule has 0 aliphatic carbocycles. The van der Waals surface area contributed by atoms with Crippen LogP contribution in [0.5, 0.6) is 0 Å². The van der Waals surface area contributed by atoms with Crippen LogP contribution in [-0.2, 0) is 0 Å². The Bertz CT molecular complexity index is 73.3. The van der Waals surface area contributed by atoms with E-state index >= 15 is 0 Å². The molecule has 7 heavy (non-hydrogen) atoms. The zero-order valence-corrected chi connectivity index (χ0v) is 4.51. The third-order valence-electron chi connectivity index (χ3n) is 0.451. The van der Waals surface area contributed by atoms with Gasteiger partial charge >= 0.3 is 7.41 Å². The monoisotopic (exact) mass is 101 g/mol. The normalized spacial score (nSPS) is 9.00. The Hall–Kier alpha value is -0.505. The molecule has 0 bridgehead atoms. The molecule has 1 N–H and O–H groups in total. The van der Waals surface area contributed by atoms with Crippen LogP contribution in [0.1, 0.15) is 0 Å². The average molecular weight is 101 g/mol. The molecule has 0 aromatic heterocycles. The van der Waals surface area contributed by atoms with Crippen molar-refractivity contribution in [1.82, 2.24) is 4.81 Å². The van der Waals surface area contributed by atoms with Gasteiger partial charge in [0, 0.05) is 0 Å². The first kappa shape index (κ1) is 6.49. The molecule has 0 aliphatic heterocycles. The topological polar surface area (TPSA) is 40.5 Å². The highest BCUT2D eigenvalue weighted by Gasteiger charge is 2.00. The first-order valence-corrected chi connectivity index (χ1v) is 1.99. The summed E-state index contributed by atoms with van der Waals surface area (Å²) in [4.78, 5) is 11.4. The summed E-state index contributed by atoms with van der Waals surface area (Å²) in [6.45, 7) is 0. The van der Waals surface area contributed by atoms with E-state index < -0.39 is 5.87 Å². The molecule has 0 heterocycles. The highest BCUT2D eigenvalue weighted by atomic mass is 16.4. The van der Waals surface area contributed by atoms with Gasteiger partial charge in [-0.2, -0.15) is 0 Å². The summed E-state index contributed by atoms with van der Waals surface area (Å²) in [5, 5.41) is 8.04. The Morgan fingerprint density at radius 2 is 2.14 bits per heavy atom. The van der Waals surface area contributed by atoms with Gasteiger partial charge in [0.2, 0.25) is 0 Å². The Labute approximate surface area is 43.2 Å². The molecule has 0 rings (SSSR count). The van der Waals surface area contributed by atoms with Gasteiger partial charge in [-0.25, -0.2) is 0 Å². The van der Waals surface area contributed by atoms with E-state index in [9.17, 15) is 4.79 Å². The van der Waals surface area contributed by atoms with Gasteiger partial charge in [-0.05, 0) is 14.1 Å². The van der Waals surface area contributed by atoms with E-state index in [0.717, 1.165) is 0 Å². The van der Waals surface area contributed by atoms with E-state index in [2.05, 4.69) is 0 Å². The van der Waals surface area contributed by atoms with Crippen molar-refractivity contribution < 1.29 is 9.90 Å². The molecule has 0 aromatic rings. The summed E-state index contributed by atoms with van der Waals surface area (Å²) in [5.74, 6) is -0.787. The van der Waals surface area contributed by atoms with Crippen molar-refractivity contribution >= 4 is 13.3 Å². The molecule has 0 spiro atoms. The summed E-state index contributed by atoms with van der Waals surface area (Å²) < 4.78 is 0. The maximum absolute atomic E-state index is 9.77. The van der Waals surface area contributed by atoms with Crippen LogP contribution in [-0.4, -0.2) is 37.3 Å². The number of hydrogen-bond donors (Lipinski definition) is 1. The lowest BCUT2D eigenvalue weighted by molar-refractivity contribution is 0.218.